The molecule has 0 bridgehead atoms. The lowest BCUT2D eigenvalue weighted by atomic mass is 10.0. The van der Waals surface area contributed by atoms with Crippen LogP contribution in [0.2, 0.25) is 10.0 Å². The van der Waals surface area contributed by atoms with Crippen LogP contribution in [0.1, 0.15) is 0 Å². The van der Waals surface area contributed by atoms with Gasteiger partial charge in [0.15, 0.2) is 0 Å². The van der Waals surface area contributed by atoms with Crippen LogP contribution in [0, 0.1) is 0 Å². The lowest BCUT2D eigenvalue weighted by Crippen LogP contribution is -1.97. The fraction of sp³-hybridized carbons (Fsp3) is 0. The summed E-state index contributed by atoms with van der Waals surface area (Å²) >= 11 is 13.1. The molecule has 0 aliphatic carbocycles. The maximum atomic E-state index is 11.5. The molecule has 0 aliphatic heterocycles. The Morgan fingerprint density at radius 3 is 1.61 bits per heavy atom. The van der Waals surface area contributed by atoms with Crippen molar-refractivity contribution in [1.82, 2.24) is 0 Å². The summed E-state index contributed by atoms with van der Waals surface area (Å²) in [5, 5.41) is 40.8. The van der Waals surface area contributed by atoms with Crippen molar-refractivity contribution in [2.24, 2.45) is 20.5 Å². The van der Waals surface area contributed by atoms with Crippen LogP contribution in [0.15, 0.2) is 128 Å². The zero-order chi connectivity index (χ0) is 31.0. The molecule has 0 saturated heterocycles. The largest absolute Gasteiger partial charge is 0.506 e. The van der Waals surface area contributed by atoms with Crippen LogP contribution >= 0.6 is 23.2 Å². The number of fused-ring (bicyclic) bond motifs is 2. The summed E-state index contributed by atoms with van der Waals surface area (Å²) < 4.78 is 32.3. The molecule has 0 spiro atoms. The molecule has 3 N–H and O–H groups in total. The van der Waals surface area contributed by atoms with Gasteiger partial charge in [0.2, 0.25) is 0 Å². The Balaban J connectivity index is 1.26. The zero-order valence-electron chi connectivity index (χ0n) is 22.4. The first kappa shape index (κ1) is 29.2. The number of phenolic OH excluding ortho intramolecular Hbond substituents is 2. The summed E-state index contributed by atoms with van der Waals surface area (Å²) in [4.78, 5) is -0.280. The second kappa shape index (κ2) is 11.7. The fourth-order valence-corrected chi connectivity index (χ4v) is 5.59. The SMILES string of the molecule is O=S(=O)(O)c1ccc2c(N=Nc3ccc(-c4ccc(N=Nc5c(O)ccc6ccccc56)c(Cl)c4)cc3Cl)c(O)ccc2c1. The summed E-state index contributed by atoms with van der Waals surface area (Å²) in [6.07, 6.45) is 0. The summed E-state index contributed by atoms with van der Waals surface area (Å²) in [7, 11) is -4.40. The minimum atomic E-state index is -4.40. The molecule has 0 amide bonds. The Hall–Kier alpha value is -4.87. The monoisotopic (exact) mass is 642 g/mol. The molecule has 0 radical (unpaired) electrons. The molecule has 0 atom stereocenters. The van der Waals surface area contributed by atoms with Gasteiger partial charge in [0, 0.05) is 10.8 Å². The molecule has 6 aromatic carbocycles. The Labute approximate surface area is 261 Å². The summed E-state index contributed by atoms with van der Waals surface area (Å²) in [6, 6.07) is 28.1. The van der Waals surface area contributed by atoms with Crippen LogP contribution in [-0.2, 0) is 10.1 Å². The molecule has 0 aliphatic rings. The highest BCUT2D eigenvalue weighted by Crippen LogP contribution is 2.40. The van der Waals surface area contributed by atoms with Crippen LogP contribution in [0.25, 0.3) is 32.7 Å². The second-order valence-corrected chi connectivity index (χ2v) is 11.9. The smallest absolute Gasteiger partial charge is 0.294 e. The van der Waals surface area contributed by atoms with Crippen LogP contribution in [0.5, 0.6) is 11.5 Å². The van der Waals surface area contributed by atoms with Crippen LogP contribution < -0.4 is 0 Å². The van der Waals surface area contributed by atoms with E-state index in [0.717, 1.165) is 21.9 Å². The summed E-state index contributed by atoms with van der Waals surface area (Å²) in [5.74, 6) is -0.162. The molecule has 44 heavy (non-hydrogen) atoms. The number of nitrogens with zero attached hydrogens (tertiary/aromatic N) is 4. The van der Waals surface area contributed by atoms with Gasteiger partial charge >= 0.3 is 0 Å². The highest BCUT2D eigenvalue weighted by molar-refractivity contribution is 7.85. The molecule has 0 aromatic heterocycles. The van der Waals surface area contributed by atoms with Gasteiger partial charge in [-0.3, -0.25) is 4.55 Å². The van der Waals surface area contributed by atoms with Gasteiger partial charge in [0.25, 0.3) is 10.1 Å². The van der Waals surface area contributed by atoms with Crippen molar-refractivity contribution < 1.29 is 23.2 Å². The van der Waals surface area contributed by atoms with E-state index in [0.29, 0.717) is 32.9 Å². The number of phenols is 2. The molecule has 218 valence electrons. The van der Waals surface area contributed by atoms with Crippen molar-refractivity contribution >= 4 is 77.6 Å². The van der Waals surface area contributed by atoms with Crippen LogP contribution in [0.4, 0.5) is 22.7 Å². The lowest BCUT2D eigenvalue weighted by molar-refractivity contribution is 0.476. The van der Waals surface area contributed by atoms with E-state index in [2.05, 4.69) is 20.5 Å². The van der Waals surface area contributed by atoms with Gasteiger partial charge in [-0.05, 0) is 70.4 Å². The average Bonchev–Trinajstić information content (AvgIpc) is 3.00. The molecule has 0 fully saturated rings. The number of azo groups is 2. The van der Waals surface area contributed by atoms with Gasteiger partial charge in [-0.1, -0.05) is 77.8 Å². The van der Waals surface area contributed by atoms with E-state index in [1.807, 2.05) is 30.3 Å². The van der Waals surface area contributed by atoms with Crippen LogP contribution in [0.3, 0.4) is 0 Å². The average molecular weight is 644 g/mol. The number of rotatable bonds is 6. The third kappa shape index (κ3) is 5.84. The predicted molar refractivity (Wildman–Crippen MR) is 171 cm³/mol. The highest BCUT2D eigenvalue weighted by atomic mass is 35.5. The number of halogens is 2. The first-order valence-corrected chi connectivity index (χ1v) is 15.1. The third-order valence-corrected chi connectivity index (χ3v) is 8.32. The van der Waals surface area contributed by atoms with Crippen molar-refractivity contribution in [3.05, 3.63) is 113 Å². The summed E-state index contributed by atoms with van der Waals surface area (Å²) in [5.41, 5.74) is 2.70. The first-order valence-electron chi connectivity index (χ1n) is 13.0. The first-order chi connectivity index (χ1) is 21.1. The normalized spacial score (nSPS) is 12.2. The molecule has 0 saturated carbocycles. The number of aromatic hydroxyl groups is 2. The van der Waals surface area contributed by atoms with Gasteiger partial charge in [0.1, 0.15) is 34.2 Å². The number of benzene rings is 6. The standard InChI is InChI=1S/C32H20Cl2N4O5S/c33-25-16-19(5-11-27(25)35-37-31-23-4-2-1-3-18(23)7-13-29(31)39)20-6-12-28(26(34)17-20)36-38-32-24-10-9-22(44(41,42)43)15-21(24)8-14-30(32)40/h1-17,39-40H,(H,41,42,43). The van der Waals surface area contributed by atoms with Crippen molar-refractivity contribution in [3.8, 4) is 22.6 Å². The van der Waals surface area contributed by atoms with Gasteiger partial charge in [-0.2, -0.15) is 8.42 Å². The lowest BCUT2D eigenvalue weighted by Gasteiger charge is -2.07. The second-order valence-electron chi connectivity index (χ2n) is 9.68. The Morgan fingerprint density at radius 2 is 1.07 bits per heavy atom. The van der Waals surface area contributed by atoms with E-state index in [-0.39, 0.29) is 27.1 Å². The van der Waals surface area contributed by atoms with Gasteiger partial charge in [-0.15, -0.1) is 20.5 Å². The zero-order valence-corrected chi connectivity index (χ0v) is 24.8. The molecule has 6 rings (SSSR count). The quantitative estimate of drug-likeness (QED) is 0.122. The van der Waals surface area contributed by atoms with Gasteiger partial charge in [-0.25, -0.2) is 0 Å². The number of hydrogen-bond donors (Lipinski definition) is 3. The Morgan fingerprint density at radius 1 is 0.545 bits per heavy atom. The third-order valence-electron chi connectivity index (χ3n) is 6.86. The van der Waals surface area contributed by atoms with E-state index in [9.17, 15) is 23.2 Å². The van der Waals surface area contributed by atoms with E-state index in [1.54, 1.807) is 42.5 Å². The molecule has 0 heterocycles. The highest BCUT2D eigenvalue weighted by Gasteiger charge is 2.14. The van der Waals surface area contributed by atoms with Crippen molar-refractivity contribution in [2.45, 2.75) is 4.90 Å². The molecular formula is C32H20Cl2N4O5S. The van der Waals surface area contributed by atoms with E-state index in [4.69, 9.17) is 23.2 Å². The molecular weight excluding hydrogens is 623 g/mol. The minimum Gasteiger partial charge on any atom is -0.506 e. The number of hydrogen-bond acceptors (Lipinski definition) is 8. The van der Waals surface area contributed by atoms with Crippen LogP contribution in [-0.4, -0.2) is 23.2 Å². The van der Waals surface area contributed by atoms with Gasteiger partial charge in [0.05, 0.1) is 14.9 Å². The van der Waals surface area contributed by atoms with E-state index >= 15 is 0 Å². The molecule has 12 heteroatoms. The van der Waals surface area contributed by atoms with Crippen molar-refractivity contribution in [1.29, 1.82) is 0 Å². The molecule has 6 aromatic rings. The van der Waals surface area contributed by atoms with E-state index < -0.39 is 10.1 Å². The maximum Gasteiger partial charge on any atom is 0.294 e. The summed E-state index contributed by atoms with van der Waals surface area (Å²) in [6.45, 7) is 0. The Kier molecular flexibility index (Phi) is 7.74. The van der Waals surface area contributed by atoms with E-state index in [1.165, 1.54) is 30.3 Å². The van der Waals surface area contributed by atoms with Gasteiger partial charge < -0.3 is 10.2 Å². The van der Waals surface area contributed by atoms with Crippen molar-refractivity contribution in [2.75, 3.05) is 0 Å². The topological polar surface area (TPSA) is 144 Å². The fourth-order valence-electron chi connectivity index (χ4n) is 4.64. The molecule has 0 unspecified atom stereocenters. The predicted octanol–water partition coefficient (Wildman–Crippen LogP) is 10.5. The Bertz CT molecular complexity index is 2270. The minimum absolute atomic E-state index is 0.00836. The molecule has 9 nitrogen and oxygen atoms in total. The van der Waals surface area contributed by atoms with Crippen molar-refractivity contribution in [3.63, 3.8) is 0 Å². The maximum absolute atomic E-state index is 11.5.